The highest BCUT2D eigenvalue weighted by atomic mass is 35.5. The molecular weight excluding hydrogens is 278 g/mol. The first-order valence-electron chi connectivity index (χ1n) is 4.98. The zero-order valence-corrected chi connectivity index (χ0v) is 10.9. The van der Waals surface area contributed by atoms with Gasteiger partial charge in [0.05, 0.1) is 28.2 Å². The Balaban J connectivity index is 2.40. The van der Waals surface area contributed by atoms with Gasteiger partial charge in [-0.3, -0.25) is 0 Å². The molecule has 0 unspecified atom stereocenters. The number of aryl methyl sites for hydroxylation is 1. The molecule has 2 aromatic rings. The Bertz CT molecular complexity index is 622. The van der Waals surface area contributed by atoms with Crippen molar-refractivity contribution in [2.24, 2.45) is 5.10 Å². The number of benzene rings is 1. The SMILES string of the molecule is Cc1cn(N=Cc2c(Cl)ccc(F)c2Cl)c(N)n1. The summed E-state index contributed by atoms with van der Waals surface area (Å²) in [5.74, 6) is -0.329. The molecular formula is C11H9Cl2FN4. The van der Waals surface area contributed by atoms with Crippen molar-refractivity contribution in [2.75, 3.05) is 5.73 Å². The molecule has 0 aliphatic rings. The standard InChI is InChI=1S/C11H9Cl2FN4/c1-6-5-18(11(15)17-6)16-4-7-8(12)2-3-9(14)10(7)13/h2-5H,1H3,(H2,15,17). The van der Waals surface area contributed by atoms with Gasteiger partial charge < -0.3 is 5.73 Å². The first-order chi connectivity index (χ1) is 8.49. The second kappa shape index (κ2) is 4.96. The number of imidazole rings is 1. The summed E-state index contributed by atoms with van der Waals surface area (Å²) in [5.41, 5.74) is 6.63. The van der Waals surface area contributed by atoms with Crippen LogP contribution in [0, 0.1) is 12.7 Å². The van der Waals surface area contributed by atoms with E-state index in [0.717, 1.165) is 5.69 Å². The summed E-state index contributed by atoms with van der Waals surface area (Å²) >= 11 is 11.7. The van der Waals surface area contributed by atoms with Gasteiger partial charge in [-0.2, -0.15) is 5.10 Å². The van der Waals surface area contributed by atoms with E-state index in [0.29, 0.717) is 10.6 Å². The van der Waals surface area contributed by atoms with E-state index < -0.39 is 5.82 Å². The highest BCUT2D eigenvalue weighted by Gasteiger charge is 2.09. The number of hydrogen-bond donors (Lipinski definition) is 1. The number of nitrogen functional groups attached to an aromatic ring is 1. The Morgan fingerprint density at radius 1 is 1.44 bits per heavy atom. The molecule has 1 aromatic heterocycles. The lowest BCUT2D eigenvalue weighted by Crippen LogP contribution is -1.98. The summed E-state index contributed by atoms with van der Waals surface area (Å²) in [6, 6.07) is 2.60. The van der Waals surface area contributed by atoms with Crippen molar-refractivity contribution in [3.05, 3.63) is 45.4 Å². The van der Waals surface area contributed by atoms with E-state index in [-0.39, 0.29) is 11.0 Å². The van der Waals surface area contributed by atoms with E-state index in [9.17, 15) is 4.39 Å². The second-order valence-electron chi connectivity index (χ2n) is 3.59. The molecule has 0 fully saturated rings. The van der Waals surface area contributed by atoms with E-state index in [2.05, 4.69) is 10.1 Å². The molecule has 0 aliphatic carbocycles. The van der Waals surface area contributed by atoms with Gasteiger partial charge >= 0.3 is 0 Å². The predicted molar refractivity (Wildman–Crippen MR) is 70.8 cm³/mol. The average molecular weight is 287 g/mol. The Morgan fingerprint density at radius 2 is 2.17 bits per heavy atom. The topological polar surface area (TPSA) is 56.2 Å². The lowest BCUT2D eigenvalue weighted by Gasteiger charge is -2.02. The maximum absolute atomic E-state index is 13.3. The maximum atomic E-state index is 13.3. The van der Waals surface area contributed by atoms with Crippen LogP contribution in [0.5, 0.6) is 0 Å². The lowest BCUT2D eigenvalue weighted by molar-refractivity contribution is 0.628. The normalized spacial score (nSPS) is 11.3. The molecule has 0 saturated heterocycles. The van der Waals surface area contributed by atoms with Gasteiger partial charge in [0.2, 0.25) is 5.95 Å². The fourth-order valence-corrected chi connectivity index (χ4v) is 1.85. The van der Waals surface area contributed by atoms with Gasteiger partial charge in [-0.25, -0.2) is 14.1 Å². The van der Waals surface area contributed by atoms with Gasteiger partial charge in [0, 0.05) is 5.56 Å². The molecule has 1 heterocycles. The van der Waals surface area contributed by atoms with Crippen LogP contribution in [0.25, 0.3) is 0 Å². The van der Waals surface area contributed by atoms with Crippen LogP contribution in [-0.4, -0.2) is 15.9 Å². The first-order valence-corrected chi connectivity index (χ1v) is 5.74. The van der Waals surface area contributed by atoms with Crippen LogP contribution in [0.4, 0.5) is 10.3 Å². The Hall–Kier alpha value is -1.59. The summed E-state index contributed by atoms with van der Waals surface area (Å²) in [6.07, 6.45) is 2.97. The fraction of sp³-hybridized carbons (Fsp3) is 0.0909. The minimum absolute atomic E-state index is 0.0818. The summed E-state index contributed by atoms with van der Waals surface area (Å²) in [5, 5.41) is 4.25. The fourth-order valence-electron chi connectivity index (χ4n) is 1.38. The minimum atomic E-state index is -0.558. The molecule has 1 aromatic carbocycles. The molecule has 2 rings (SSSR count). The van der Waals surface area contributed by atoms with Crippen molar-refractivity contribution in [1.29, 1.82) is 0 Å². The largest absolute Gasteiger partial charge is 0.368 e. The molecule has 0 spiro atoms. The van der Waals surface area contributed by atoms with Crippen LogP contribution >= 0.6 is 23.2 Å². The average Bonchev–Trinajstić information content (AvgIpc) is 2.63. The van der Waals surface area contributed by atoms with Crippen LogP contribution in [0.3, 0.4) is 0 Å². The van der Waals surface area contributed by atoms with Crippen LogP contribution in [0.1, 0.15) is 11.3 Å². The van der Waals surface area contributed by atoms with E-state index in [1.165, 1.54) is 23.0 Å². The van der Waals surface area contributed by atoms with Gasteiger partial charge in [0.1, 0.15) is 5.82 Å². The Morgan fingerprint density at radius 3 is 2.78 bits per heavy atom. The number of hydrogen-bond acceptors (Lipinski definition) is 3. The van der Waals surface area contributed by atoms with Crippen molar-refractivity contribution >= 4 is 35.4 Å². The molecule has 94 valence electrons. The molecule has 4 nitrogen and oxygen atoms in total. The second-order valence-corrected chi connectivity index (χ2v) is 4.37. The first kappa shape index (κ1) is 12.9. The van der Waals surface area contributed by atoms with Crippen molar-refractivity contribution < 1.29 is 4.39 Å². The number of nitrogens with two attached hydrogens (primary N) is 1. The molecule has 0 bridgehead atoms. The van der Waals surface area contributed by atoms with Gasteiger partial charge in [-0.15, -0.1) is 0 Å². The number of aromatic nitrogens is 2. The minimum Gasteiger partial charge on any atom is -0.368 e. The van der Waals surface area contributed by atoms with E-state index >= 15 is 0 Å². The summed E-state index contributed by atoms with van der Waals surface area (Å²) in [4.78, 5) is 3.97. The van der Waals surface area contributed by atoms with Crippen molar-refractivity contribution in [3.8, 4) is 0 Å². The Labute approximate surface area is 113 Å². The van der Waals surface area contributed by atoms with Gasteiger partial charge in [-0.1, -0.05) is 23.2 Å². The van der Waals surface area contributed by atoms with Crippen LogP contribution < -0.4 is 5.73 Å². The zero-order chi connectivity index (χ0) is 13.3. The number of rotatable bonds is 2. The highest BCUT2D eigenvalue weighted by Crippen LogP contribution is 2.25. The molecule has 2 N–H and O–H groups in total. The molecule has 0 saturated carbocycles. The monoisotopic (exact) mass is 286 g/mol. The zero-order valence-electron chi connectivity index (χ0n) is 9.36. The third-order valence-electron chi connectivity index (χ3n) is 2.23. The van der Waals surface area contributed by atoms with Crippen LogP contribution in [0.15, 0.2) is 23.4 Å². The molecule has 0 atom stereocenters. The molecule has 0 aliphatic heterocycles. The predicted octanol–water partition coefficient (Wildman–Crippen LogP) is 3.10. The molecule has 0 radical (unpaired) electrons. The van der Waals surface area contributed by atoms with Gasteiger partial charge in [0.15, 0.2) is 0 Å². The smallest absolute Gasteiger partial charge is 0.221 e. The van der Waals surface area contributed by atoms with Crippen molar-refractivity contribution in [3.63, 3.8) is 0 Å². The summed E-state index contributed by atoms with van der Waals surface area (Å²) in [7, 11) is 0. The Kier molecular flexibility index (Phi) is 3.54. The van der Waals surface area contributed by atoms with Crippen LogP contribution in [-0.2, 0) is 0 Å². The summed E-state index contributed by atoms with van der Waals surface area (Å²) < 4.78 is 14.6. The highest BCUT2D eigenvalue weighted by molar-refractivity contribution is 6.38. The number of halogens is 3. The quantitative estimate of drug-likeness (QED) is 0.681. The third-order valence-corrected chi connectivity index (χ3v) is 2.94. The van der Waals surface area contributed by atoms with E-state index in [1.54, 1.807) is 13.1 Å². The number of anilines is 1. The van der Waals surface area contributed by atoms with Crippen molar-refractivity contribution in [2.45, 2.75) is 6.92 Å². The van der Waals surface area contributed by atoms with E-state index in [4.69, 9.17) is 28.9 Å². The molecule has 7 heteroatoms. The lowest BCUT2D eigenvalue weighted by atomic mass is 10.2. The van der Waals surface area contributed by atoms with Crippen LogP contribution in [0.2, 0.25) is 10.0 Å². The summed E-state index contributed by atoms with van der Waals surface area (Å²) in [6.45, 7) is 1.78. The van der Waals surface area contributed by atoms with Gasteiger partial charge in [0.25, 0.3) is 0 Å². The molecule has 18 heavy (non-hydrogen) atoms. The number of nitrogens with zero attached hydrogens (tertiary/aromatic N) is 3. The van der Waals surface area contributed by atoms with Crippen molar-refractivity contribution in [1.82, 2.24) is 9.66 Å². The molecule has 0 amide bonds. The van der Waals surface area contributed by atoms with E-state index in [1.807, 2.05) is 0 Å². The third kappa shape index (κ3) is 2.47. The maximum Gasteiger partial charge on any atom is 0.221 e. The van der Waals surface area contributed by atoms with Gasteiger partial charge in [-0.05, 0) is 19.1 Å².